The molecule has 0 heterocycles. The molecule has 3 aromatic rings. The van der Waals surface area contributed by atoms with Gasteiger partial charge < -0.3 is 20.1 Å². The minimum atomic E-state index is -0.277. The monoisotopic (exact) mass is 432 g/mol. The molecule has 0 saturated carbocycles. The molecule has 2 amide bonds. The van der Waals surface area contributed by atoms with E-state index >= 15 is 0 Å². The number of hydrogen-bond acceptors (Lipinski definition) is 4. The van der Waals surface area contributed by atoms with Crippen LogP contribution in [0, 0.1) is 5.92 Å². The Morgan fingerprint density at radius 2 is 1.34 bits per heavy atom. The topological polar surface area (TPSA) is 76.7 Å². The van der Waals surface area contributed by atoms with Crippen molar-refractivity contribution in [2.45, 2.75) is 20.3 Å². The normalized spacial score (nSPS) is 10.5. The molecule has 3 rings (SSSR count). The van der Waals surface area contributed by atoms with Crippen LogP contribution in [0.3, 0.4) is 0 Å². The van der Waals surface area contributed by atoms with Crippen molar-refractivity contribution in [1.29, 1.82) is 0 Å². The Labute approximate surface area is 188 Å². The molecule has 0 atom stereocenters. The molecule has 0 radical (unpaired) electrons. The van der Waals surface area contributed by atoms with Crippen LogP contribution in [-0.4, -0.2) is 25.0 Å². The van der Waals surface area contributed by atoms with E-state index in [0.29, 0.717) is 48.2 Å². The number of ether oxygens (including phenoxy) is 2. The molecule has 32 heavy (non-hydrogen) atoms. The van der Waals surface area contributed by atoms with Crippen molar-refractivity contribution in [3.8, 4) is 11.5 Å². The smallest absolute Gasteiger partial charge is 0.259 e. The summed E-state index contributed by atoms with van der Waals surface area (Å²) in [6, 6.07) is 23.6. The van der Waals surface area contributed by atoms with Gasteiger partial charge in [0.1, 0.15) is 24.7 Å². The summed E-state index contributed by atoms with van der Waals surface area (Å²) in [5.74, 6) is 1.24. The van der Waals surface area contributed by atoms with E-state index in [2.05, 4.69) is 10.6 Å². The number of anilines is 2. The lowest BCUT2D eigenvalue weighted by atomic mass is 10.1. The van der Waals surface area contributed by atoms with Crippen molar-refractivity contribution in [2.24, 2.45) is 5.92 Å². The molecule has 0 fully saturated rings. The maximum absolute atomic E-state index is 12.8. The molecule has 0 spiro atoms. The lowest BCUT2D eigenvalue weighted by molar-refractivity contribution is -0.116. The van der Waals surface area contributed by atoms with Crippen molar-refractivity contribution in [1.82, 2.24) is 0 Å². The summed E-state index contributed by atoms with van der Waals surface area (Å²) in [4.78, 5) is 24.7. The van der Waals surface area contributed by atoms with Crippen molar-refractivity contribution in [3.63, 3.8) is 0 Å². The van der Waals surface area contributed by atoms with E-state index in [-0.39, 0.29) is 11.8 Å². The van der Waals surface area contributed by atoms with E-state index in [0.717, 1.165) is 5.75 Å². The van der Waals surface area contributed by atoms with Crippen LogP contribution in [0.1, 0.15) is 30.6 Å². The van der Waals surface area contributed by atoms with Gasteiger partial charge in [0, 0.05) is 17.8 Å². The number of nitrogens with one attached hydrogen (secondary N) is 2. The molecule has 6 heteroatoms. The van der Waals surface area contributed by atoms with Gasteiger partial charge in [0.25, 0.3) is 5.91 Å². The first kappa shape index (κ1) is 22.9. The fourth-order valence-electron chi connectivity index (χ4n) is 3.03. The van der Waals surface area contributed by atoms with Gasteiger partial charge in [-0.25, -0.2) is 0 Å². The summed E-state index contributed by atoms with van der Waals surface area (Å²) in [5, 5.41) is 5.72. The maximum Gasteiger partial charge on any atom is 0.259 e. The third-order valence-corrected chi connectivity index (χ3v) is 4.50. The first-order chi connectivity index (χ1) is 15.5. The van der Waals surface area contributed by atoms with Crippen molar-refractivity contribution in [3.05, 3.63) is 84.4 Å². The molecule has 0 aliphatic carbocycles. The standard InChI is InChI=1S/C26H28N2O4/c1-19(2)18-25(29)27-20-12-14-21(15-13-20)28-26(30)23-10-6-7-11-24(23)32-17-16-31-22-8-4-3-5-9-22/h3-15,19H,16-18H2,1-2H3,(H,27,29)(H,28,30). The van der Waals surface area contributed by atoms with Crippen LogP contribution in [0.25, 0.3) is 0 Å². The highest BCUT2D eigenvalue weighted by molar-refractivity contribution is 6.06. The summed E-state index contributed by atoms with van der Waals surface area (Å²) in [7, 11) is 0. The van der Waals surface area contributed by atoms with Crippen molar-refractivity contribution in [2.75, 3.05) is 23.8 Å². The van der Waals surface area contributed by atoms with E-state index in [1.54, 1.807) is 42.5 Å². The molecule has 2 N–H and O–H groups in total. The molecule has 166 valence electrons. The number of rotatable bonds is 10. The Kier molecular flexibility index (Phi) is 8.26. The molecule has 0 saturated heterocycles. The zero-order chi connectivity index (χ0) is 22.8. The van der Waals surface area contributed by atoms with Gasteiger partial charge >= 0.3 is 0 Å². The third kappa shape index (κ3) is 7.16. The van der Waals surface area contributed by atoms with Crippen LogP contribution < -0.4 is 20.1 Å². The molecule has 0 aromatic heterocycles. The Bertz CT molecular complexity index is 1020. The van der Waals surface area contributed by atoms with Gasteiger partial charge in [-0.2, -0.15) is 0 Å². The molecule has 3 aromatic carbocycles. The highest BCUT2D eigenvalue weighted by atomic mass is 16.5. The van der Waals surface area contributed by atoms with E-state index in [9.17, 15) is 9.59 Å². The van der Waals surface area contributed by atoms with Crippen LogP contribution in [0.4, 0.5) is 11.4 Å². The fraction of sp³-hybridized carbons (Fsp3) is 0.231. The maximum atomic E-state index is 12.8. The minimum Gasteiger partial charge on any atom is -0.490 e. The number of amides is 2. The number of hydrogen-bond donors (Lipinski definition) is 2. The lowest BCUT2D eigenvalue weighted by Gasteiger charge is -2.13. The second kappa shape index (κ2) is 11.6. The van der Waals surface area contributed by atoms with Crippen molar-refractivity contribution >= 4 is 23.2 Å². The Hall–Kier alpha value is -3.80. The highest BCUT2D eigenvalue weighted by Crippen LogP contribution is 2.21. The van der Waals surface area contributed by atoms with E-state index in [4.69, 9.17) is 9.47 Å². The Morgan fingerprint density at radius 3 is 2.03 bits per heavy atom. The van der Waals surface area contributed by atoms with Gasteiger partial charge in [-0.3, -0.25) is 9.59 Å². The quantitative estimate of drug-likeness (QED) is 0.422. The third-order valence-electron chi connectivity index (χ3n) is 4.50. The number of carbonyl (C=O) groups excluding carboxylic acids is 2. The number of benzene rings is 3. The fourth-order valence-corrected chi connectivity index (χ4v) is 3.03. The molecule has 0 aliphatic heterocycles. The zero-order valence-electron chi connectivity index (χ0n) is 18.3. The summed E-state index contributed by atoms with van der Waals surface area (Å²) in [6.07, 6.45) is 0.464. The lowest BCUT2D eigenvalue weighted by Crippen LogP contribution is -2.16. The molecule has 0 bridgehead atoms. The second-order valence-corrected chi connectivity index (χ2v) is 7.68. The molecular formula is C26H28N2O4. The SMILES string of the molecule is CC(C)CC(=O)Nc1ccc(NC(=O)c2ccccc2OCCOc2ccccc2)cc1. The van der Waals surface area contributed by atoms with Gasteiger partial charge in [0.2, 0.25) is 5.91 Å². The summed E-state index contributed by atoms with van der Waals surface area (Å²) in [6.45, 7) is 4.67. The highest BCUT2D eigenvalue weighted by Gasteiger charge is 2.13. The van der Waals surface area contributed by atoms with Crippen LogP contribution in [-0.2, 0) is 4.79 Å². The Morgan fingerprint density at radius 1 is 0.750 bits per heavy atom. The van der Waals surface area contributed by atoms with Crippen molar-refractivity contribution < 1.29 is 19.1 Å². The first-order valence-corrected chi connectivity index (χ1v) is 10.6. The van der Waals surface area contributed by atoms with E-state index < -0.39 is 0 Å². The summed E-state index contributed by atoms with van der Waals surface area (Å²) >= 11 is 0. The number of carbonyl (C=O) groups is 2. The average Bonchev–Trinajstić information content (AvgIpc) is 2.78. The molecule has 6 nitrogen and oxygen atoms in total. The molecule has 0 unspecified atom stereocenters. The van der Waals surface area contributed by atoms with Gasteiger partial charge in [-0.1, -0.05) is 44.2 Å². The van der Waals surface area contributed by atoms with E-state index in [1.807, 2.05) is 50.2 Å². The minimum absolute atomic E-state index is 0.0286. The first-order valence-electron chi connectivity index (χ1n) is 10.6. The van der Waals surface area contributed by atoms with Crippen LogP contribution in [0.5, 0.6) is 11.5 Å². The van der Waals surface area contributed by atoms with Crippen LogP contribution in [0.15, 0.2) is 78.9 Å². The molecule has 0 aliphatic rings. The van der Waals surface area contributed by atoms with Crippen LogP contribution >= 0.6 is 0 Å². The average molecular weight is 433 g/mol. The second-order valence-electron chi connectivity index (χ2n) is 7.68. The molecular weight excluding hydrogens is 404 g/mol. The predicted molar refractivity (Wildman–Crippen MR) is 126 cm³/mol. The van der Waals surface area contributed by atoms with E-state index in [1.165, 1.54) is 0 Å². The Balaban J connectivity index is 1.54. The summed E-state index contributed by atoms with van der Waals surface area (Å²) in [5.41, 5.74) is 1.75. The van der Waals surface area contributed by atoms with Gasteiger partial charge in [-0.15, -0.1) is 0 Å². The largest absolute Gasteiger partial charge is 0.490 e. The van der Waals surface area contributed by atoms with Gasteiger partial charge in [0.15, 0.2) is 0 Å². The van der Waals surface area contributed by atoms with Gasteiger partial charge in [-0.05, 0) is 54.4 Å². The van der Waals surface area contributed by atoms with Gasteiger partial charge in [0.05, 0.1) is 5.56 Å². The van der Waals surface area contributed by atoms with Crippen LogP contribution in [0.2, 0.25) is 0 Å². The zero-order valence-corrected chi connectivity index (χ0v) is 18.3. The summed E-state index contributed by atoms with van der Waals surface area (Å²) < 4.78 is 11.4. The predicted octanol–water partition coefficient (Wildman–Crippen LogP) is 5.38. The number of para-hydroxylation sites is 2.